The summed E-state index contributed by atoms with van der Waals surface area (Å²) in [6.45, 7) is 3.38. The maximum absolute atomic E-state index is 11.1. The zero-order valence-electron chi connectivity index (χ0n) is 8.75. The van der Waals surface area contributed by atoms with Gasteiger partial charge >= 0.3 is 0 Å². The fourth-order valence-electron chi connectivity index (χ4n) is 1.07. The molecule has 0 saturated carbocycles. The highest BCUT2D eigenvalue weighted by atomic mass is 32.2. The second kappa shape index (κ2) is 8.16. The lowest BCUT2D eigenvalue weighted by molar-refractivity contribution is 0.560. The molecule has 14 heavy (non-hydrogen) atoms. The Morgan fingerprint density at radius 3 is 2.29 bits per heavy atom. The first-order chi connectivity index (χ1) is 6.62. The van der Waals surface area contributed by atoms with Crippen LogP contribution in [0.25, 0.3) is 0 Å². The van der Waals surface area contributed by atoms with Crippen LogP contribution >= 0.6 is 0 Å². The summed E-state index contributed by atoms with van der Waals surface area (Å²) in [6, 6.07) is 0. The molecule has 0 aliphatic rings. The van der Waals surface area contributed by atoms with Crippen molar-refractivity contribution in [2.75, 3.05) is 19.6 Å². The summed E-state index contributed by atoms with van der Waals surface area (Å²) in [7, 11) is -3.25. The number of unbranched alkanes of at least 4 members (excludes halogenated alkanes) is 3. The minimum atomic E-state index is -3.25. The van der Waals surface area contributed by atoms with Gasteiger partial charge in [-0.1, -0.05) is 19.8 Å². The van der Waals surface area contributed by atoms with Crippen molar-refractivity contribution in [2.45, 2.75) is 32.6 Å². The molecule has 0 aromatic carbocycles. The molecule has 0 amide bonds. The molecule has 0 saturated heterocycles. The Kier molecular flexibility index (Phi) is 8.07. The highest BCUT2D eigenvalue weighted by Gasteiger charge is 2.04. The monoisotopic (exact) mass is 223 g/mol. The van der Waals surface area contributed by atoms with E-state index < -0.39 is 10.2 Å². The molecule has 4 N–H and O–H groups in total. The molecule has 0 bridgehead atoms. The number of nitrogens with two attached hydrogens (primary N) is 1. The van der Waals surface area contributed by atoms with Crippen molar-refractivity contribution in [3.63, 3.8) is 0 Å². The molecule has 0 spiro atoms. The standard InChI is InChI=1S/C8H21N3O2S/c1-2-10-14(12,13)11-8-6-4-3-5-7-9/h10-11H,2-9H2,1H3. The molecule has 0 aromatic rings. The molecule has 0 fully saturated rings. The highest BCUT2D eigenvalue weighted by molar-refractivity contribution is 7.87. The van der Waals surface area contributed by atoms with Gasteiger partial charge in [-0.15, -0.1) is 0 Å². The fraction of sp³-hybridized carbons (Fsp3) is 1.00. The number of rotatable bonds is 9. The molecule has 0 aliphatic heterocycles. The fourth-order valence-corrected chi connectivity index (χ4v) is 1.97. The molecular formula is C8H21N3O2S. The van der Waals surface area contributed by atoms with E-state index in [1.165, 1.54) is 0 Å². The lowest BCUT2D eigenvalue weighted by atomic mass is 10.2. The van der Waals surface area contributed by atoms with Crippen LogP contribution < -0.4 is 15.2 Å². The molecule has 0 aromatic heterocycles. The van der Waals surface area contributed by atoms with E-state index in [1.807, 2.05) is 0 Å². The molecule has 0 heterocycles. The van der Waals surface area contributed by atoms with Crippen LogP contribution in [0.5, 0.6) is 0 Å². The topological polar surface area (TPSA) is 84.2 Å². The Morgan fingerprint density at radius 2 is 1.71 bits per heavy atom. The van der Waals surface area contributed by atoms with Gasteiger partial charge in [0.25, 0.3) is 10.2 Å². The number of hydrogen-bond donors (Lipinski definition) is 3. The third-order valence-corrected chi connectivity index (χ3v) is 3.01. The molecule has 0 rings (SSSR count). The SMILES string of the molecule is CCNS(=O)(=O)NCCCCCCN. The van der Waals surface area contributed by atoms with Crippen molar-refractivity contribution in [2.24, 2.45) is 5.73 Å². The van der Waals surface area contributed by atoms with Crippen LogP contribution in [-0.2, 0) is 10.2 Å². The van der Waals surface area contributed by atoms with Crippen LogP contribution in [-0.4, -0.2) is 28.1 Å². The smallest absolute Gasteiger partial charge is 0.276 e. The largest absolute Gasteiger partial charge is 0.330 e. The molecule has 0 unspecified atom stereocenters. The third-order valence-electron chi connectivity index (χ3n) is 1.76. The first-order valence-corrected chi connectivity index (χ1v) is 6.55. The molecule has 86 valence electrons. The Balaban J connectivity index is 3.35. The molecular weight excluding hydrogens is 202 g/mol. The predicted octanol–water partition coefficient (Wildman–Crippen LogP) is -0.0506. The van der Waals surface area contributed by atoms with Gasteiger partial charge in [0.05, 0.1) is 0 Å². The molecule has 0 aliphatic carbocycles. The summed E-state index contributed by atoms with van der Waals surface area (Å²) < 4.78 is 27.0. The van der Waals surface area contributed by atoms with Gasteiger partial charge in [-0.2, -0.15) is 8.42 Å². The first kappa shape index (κ1) is 13.8. The highest BCUT2D eigenvalue weighted by Crippen LogP contribution is 1.97. The van der Waals surface area contributed by atoms with Crippen molar-refractivity contribution in [1.82, 2.24) is 9.44 Å². The second-order valence-electron chi connectivity index (χ2n) is 3.10. The molecule has 5 nitrogen and oxygen atoms in total. The molecule has 0 radical (unpaired) electrons. The zero-order chi connectivity index (χ0) is 10.9. The van der Waals surface area contributed by atoms with E-state index >= 15 is 0 Å². The van der Waals surface area contributed by atoms with E-state index in [1.54, 1.807) is 6.92 Å². The number of hydrogen-bond acceptors (Lipinski definition) is 3. The Labute approximate surface area is 86.6 Å². The summed E-state index contributed by atoms with van der Waals surface area (Å²) in [5, 5.41) is 0. The summed E-state index contributed by atoms with van der Waals surface area (Å²) in [6.07, 6.45) is 3.97. The average molecular weight is 223 g/mol. The summed E-state index contributed by atoms with van der Waals surface area (Å²) in [5.74, 6) is 0. The van der Waals surface area contributed by atoms with Gasteiger partial charge in [-0.25, -0.2) is 9.44 Å². The van der Waals surface area contributed by atoms with Gasteiger partial charge in [0.1, 0.15) is 0 Å². The Bertz CT molecular complexity index is 217. The van der Waals surface area contributed by atoms with E-state index in [0.29, 0.717) is 19.6 Å². The van der Waals surface area contributed by atoms with Crippen molar-refractivity contribution in [1.29, 1.82) is 0 Å². The lowest BCUT2D eigenvalue weighted by Crippen LogP contribution is -2.36. The van der Waals surface area contributed by atoms with Crippen LogP contribution in [0.2, 0.25) is 0 Å². The van der Waals surface area contributed by atoms with E-state index in [2.05, 4.69) is 9.44 Å². The lowest BCUT2D eigenvalue weighted by Gasteiger charge is -2.05. The maximum atomic E-state index is 11.1. The van der Waals surface area contributed by atoms with E-state index in [-0.39, 0.29) is 0 Å². The van der Waals surface area contributed by atoms with Crippen molar-refractivity contribution in [3.05, 3.63) is 0 Å². The van der Waals surface area contributed by atoms with Crippen molar-refractivity contribution >= 4 is 10.2 Å². The van der Waals surface area contributed by atoms with Gasteiger partial charge in [-0.3, -0.25) is 0 Å². The zero-order valence-corrected chi connectivity index (χ0v) is 9.57. The van der Waals surface area contributed by atoms with Crippen molar-refractivity contribution in [3.8, 4) is 0 Å². The quantitative estimate of drug-likeness (QED) is 0.479. The summed E-state index contributed by atoms with van der Waals surface area (Å²) >= 11 is 0. The van der Waals surface area contributed by atoms with Crippen molar-refractivity contribution < 1.29 is 8.42 Å². The average Bonchev–Trinajstić information content (AvgIpc) is 2.11. The van der Waals surface area contributed by atoms with Gasteiger partial charge in [0.2, 0.25) is 0 Å². The number of nitrogens with one attached hydrogen (secondary N) is 2. The second-order valence-corrected chi connectivity index (χ2v) is 4.68. The van der Waals surface area contributed by atoms with E-state index in [0.717, 1.165) is 25.7 Å². The van der Waals surface area contributed by atoms with E-state index in [4.69, 9.17) is 5.73 Å². The van der Waals surface area contributed by atoms with Crippen LogP contribution in [0.1, 0.15) is 32.6 Å². The maximum Gasteiger partial charge on any atom is 0.276 e. The Morgan fingerprint density at radius 1 is 1.07 bits per heavy atom. The molecule has 6 heteroatoms. The van der Waals surface area contributed by atoms with Gasteiger partial charge in [0.15, 0.2) is 0 Å². The summed E-state index contributed by atoms with van der Waals surface area (Å²) in [4.78, 5) is 0. The normalized spacial score (nSPS) is 11.9. The van der Waals surface area contributed by atoms with Crippen LogP contribution in [0, 0.1) is 0 Å². The first-order valence-electron chi connectivity index (χ1n) is 5.06. The Hall–Kier alpha value is -0.170. The third kappa shape index (κ3) is 8.43. The predicted molar refractivity (Wildman–Crippen MR) is 58.1 cm³/mol. The van der Waals surface area contributed by atoms with Gasteiger partial charge < -0.3 is 5.73 Å². The van der Waals surface area contributed by atoms with Crippen LogP contribution in [0.4, 0.5) is 0 Å². The molecule has 0 atom stereocenters. The van der Waals surface area contributed by atoms with Gasteiger partial charge in [-0.05, 0) is 19.4 Å². The van der Waals surface area contributed by atoms with Gasteiger partial charge in [0, 0.05) is 13.1 Å². The van der Waals surface area contributed by atoms with Crippen LogP contribution in [0.15, 0.2) is 0 Å². The minimum absolute atomic E-state index is 0.419. The minimum Gasteiger partial charge on any atom is -0.330 e. The van der Waals surface area contributed by atoms with E-state index in [9.17, 15) is 8.42 Å². The van der Waals surface area contributed by atoms with Crippen LogP contribution in [0.3, 0.4) is 0 Å². The summed E-state index contributed by atoms with van der Waals surface area (Å²) in [5.41, 5.74) is 5.33.